The van der Waals surface area contributed by atoms with Crippen molar-refractivity contribution in [1.29, 1.82) is 0 Å². The molecule has 0 aromatic carbocycles. The van der Waals surface area contributed by atoms with Crippen molar-refractivity contribution in [3.8, 4) is 0 Å². The molecular weight excluding hydrogens is 514 g/mol. The van der Waals surface area contributed by atoms with Crippen molar-refractivity contribution in [1.82, 2.24) is 10.2 Å². The van der Waals surface area contributed by atoms with Crippen LogP contribution in [0.5, 0.6) is 0 Å². The van der Waals surface area contributed by atoms with Crippen LogP contribution in [-0.4, -0.2) is 61.3 Å². The zero-order chi connectivity index (χ0) is 26.5. The highest BCUT2D eigenvalue weighted by molar-refractivity contribution is 8.01. The van der Waals surface area contributed by atoms with Gasteiger partial charge >= 0.3 is 0 Å². The number of thioether (sulfide) groups is 1. The molecule has 1 atom stereocenters. The minimum Gasteiger partial charge on any atom is -0.501 e. The van der Waals surface area contributed by atoms with Gasteiger partial charge in [-0.3, -0.25) is 4.79 Å². The Kier molecular flexibility index (Phi) is 9.12. The lowest BCUT2D eigenvalue weighted by Crippen LogP contribution is -2.37. The summed E-state index contributed by atoms with van der Waals surface area (Å²) in [5.74, 6) is 2.67. The van der Waals surface area contributed by atoms with E-state index >= 15 is 0 Å². The minimum absolute atomic E-state index is 0.0222. The number of nitrogens with zero attached hydrogens (tertiary/aromatic N) is 2. The number of piperidine rings is 1. The summed E-state index contributed by atoms with van der Waals surface area (Å²) in [7, 11) is 3.88. The average Bonchev–Trinajstić information content (AvgIpc) is 3.34. The molecule has 4 aliphatic rings. The van der Waals surface area contributed by atoms with E-state index < -0.39 is 0 Å². The number of likely N-dealkylation sites (tertiary alicyclic amines) is 1. The number of carbonyl (C=O) groups excluding carboxylic acids is 1. The number of amides is 1. The number of hydrogen-bond donors (Lipinski definition) is 2. The molecular formula is C30H39N3O3S2. The largest absolute Gasteiger partial charge is 0.501 e. The lowest BCUT2D eigenvalue weighted by atomic mass is 9.77. The topological polar surface area (TPSA) is 74.2 Å². The molecule has 6 nitrogen and oxygen atoms in total. The predicted molar refractivity (Wildman–Crippen MR) is 157 cm³/mol. The Hall–Kier alpha value is -2.29. The maximum atomic E-state index is 13.6. The molecule has 1 saturated heterocycles. The van der Waals surface area contributed by atoms with Gasteiger partial charge in [0.2, 0.25) is 0 Å². The van der Waals surface area contributed by atoms with Crippen LogP contribution in [0.25, 0.3) is 0 Å². The minimum atomic E-state index is 0.0222. The fourth-order valence-corrected chi connectivity index (χ4v) is 8.49. The highest BCUT2D eigenvalue weighted by atomic mass is 32.2. The van der Waals surface area contributed by atoms with Gasteiger partial charge < -0.3 is 20.2 Å². The highest BCUT2D eigenvalue weighted by Crippen LogP contribution is 2.45. The number of fused-ring (bicyclic) bond motifs is 1. The summed E-state index contributed by atoms with van der Waals surface area (Å²) in [5, 5.41) is 17.2. The number of rotatable bonds is 8. The number of methoxy groups -OCH3 is 1. The van der Waals surface area contributed by atoms with E-state index in [1.165, 1.54) is 11.1 Å². The maximum Gasteiger partial charge on any atom is 0.261 e. The van der Waals surface area contributed by atoms with Crippen LogP contribution in [0.3, 0.4) is 0 Å². The Morgan fingerprint density at radius 3 is 2.74 bits per heavy atom. The Morgan fingerprint density at radius 1 is 1.21 bits per heavy atom. The van der Waals surface area contributed by atoms with Gasteiger partial charge in [-0.15, -0.1) is 23.1 Å². The SMILES string of the molecule is COC1=CC=C([C@H]2C/C(=N\O)c3c(SCC4=CC=CCC4)sc(C(=O)NCC4CCN(C)CC4)c3C2)CC1. The molecule has 1 amide bonds. The van der Waals surface area contributed by atoms with Crippen molar-refractivity contribution in [3.63, 3.8) is 0 Å². The molecule has 1 fully saturated rings. The lowest BCUT2D eigenvalue weighted by molar-refractivity contribution is 0.0942. The number of oxime groups is 1. The van der Waals surface area contributed by atoms with Gasteiger partial charge in [0.15, 0.2) is 0 Å². The molecule has 0 spiro atoms. The van der Waals surface area contributed by atoms with Crippen LogP contribution in [-0.2, 0) is 11.2 Å². The molecule has 1 aromatic heterocycles. The summed E-state index contributed by atoms with van der Waals surface area (Å²) in [5.41, 5.74) is 5.53. The van der Waals surface area contributed by atoms with Crippen LogP contribution in [0.4, 0.5) is 0 Å². The summed E-state index contributed by atoms with van der Waals surface area (Å²) in [6.45, 7) is 2.90. The Labute approximate surface area is 234 Å². The van der Waals surface area contributed by atoms with Gasteiger partial charge in [0.05, 0.1) is 27.7 Å². The van der Waals surface area contributed by atoms with Gasteiger partial charge in [-0.2, -0.15) is 0 Å². The van der Waals surface area contributed by atoms with Crippen molar-refractivity contribution in [2.24, 2.45) is 17.0 Å². The summed E-state index contributed by atoms with van der Waals surface area (Å²) in [6.07, 6.45) is 18.5. The van der Waals surface area contributed by atoms with Gasteiger partial charge in [0, 0.05) is 30.7 Å². The standard InChI is InChI=1S/C30H39N3O3S2/c1-33-14-12-20(13-15-33)18-31-29(34)28-25-16-23(22-8-10-24(36-2)11-9-22)17-26(32-35)27(25)30(38-28)37-19-21-6-4-3-5-7-21/h3-4,6,8,10,20,23,35H,5,7,9,11-19H2,1-2H3,(H,31,34)/b32-26+/t23-/m1/s1. The first-order valence-corrected chi connectivity index (χ1v) is 15.6. The summed E-state index contributed by atoms with van der Waals surface area (Å²) in [6, 6.07) is 0. The number of hydrogen-bond acceptors (Lipinski definition) is 7. The van der Waals surface area contributed by atoms with Crippen LogP contribution in [0.15, 0.2) is 56.7 Å². The predicted octanol–water partition coefficient (Wildman–Crippen LogP) is 6.18. The zero-order valence-corrected chi connectivity index (χ0v) is 24.1. The number of nitrogens with one attached hydrogen (secondary N) is 1. The smallest absolute Gasteiger partial charge is 0.261 e. The van der Waals surface area contributed by atoms with E-state index in [1.54, 1.807) is 30.2 Å². The Bertz CT molecular complexity index is 1190. The Balaban J connectivity index is 1.40. The van der Waals surface area contributed by atoms with Crippen LogP contribution in [0, 0.1) is 11.8 Å². The van der Waals surface area contributed by atoms with E-state index in [4.69, 9.17) is 4.74 Å². The molecule has 3 aliphatic carbocycles. The molecule has 0 unspecified atom stereocenters. The molecule has 38 heavy (non-hydrogen) atoms. The molecule has 0 bridgehead atoms. The van der Waals surface area contributed by atoms with Crippen molar-refractivity contribution >= 4 is 34.7 Å². The fraction of sp³-hybridized carbons (Fsp3) is 0.533. The van der Waals surface area contributed by atoms with Crippen molar-refractivity contribution in [2.45, 2.75) is 55.6 Å². The van der Waals surface area contributed by atoms with E-state index in [1.807, 2.05) is 0 Å². The second kappa shape index (κ2) is 12.7. The third kappa shape index (κ3) is 6.29. The van der Waals surface area contributed by atoms with E-state index in [0.29, 0.717) is 18.1 Å². The summed E-state index contributed by atoms with van der Waals surface area (Å²) >= 11 is 3.37. The first-order valence-electron chi connectivity index (χ1n) is 13.8. The van der Waals surface area contributed by atoms with Crippen LogP contribution in [0.1, 0.15) is 65.7 Å². The van der Waals surface area contributed by atoms with E-state index in [-0.39, 0.29) is 11.8 Å². The van der Waals surface area contributed by atoms with Crippen LogP contribution >= 0.6 is 23.1 Å². The second-order valence-corrected chi connectivity index (χ2v) is 13.1. The quantitative estimate of drug-likeness (QED) is 0.229. The maximum absolute atomic E-state index is 13.6. The molecule has 8 heteroatoms. The van der Waals surface area contributed by atoms with Gasteiger partial charge in [0.1, 0.15) is 0 Å². The summed E-state index contributed by atoms with van der Waals surface area (Å²) < 4.78 is 6.53. The number of carbonyl (C=O) groups is 1. The molecule has 2 heterocycles. The first-order chi connectivity index (χ1) is 18.6. The van der Waals surface area contributed by atoms with Crippen LogP contribution in [0.2, 0.25) is 0 Å². The molecule has 204 valence electrons. The molecule has 1 aliphatic heterocycles. The normalized spacial score (nSPS) is 23.5. The van der Waals surface area contributed by atoms with Gasteiger partial charge in [-0.25, -0.2) is 0 Å². The van der Waals surface area contributed by atoms with E-state index in [9.17, 15) is 10.0 Å². The van der Waals surface area contributed by atoms with Gasteiger partial charge in [0.25, 0.3) is 5.91 Å². The molecule has 0 radical (unpaired) electrons. The highest BCUT2D eigenvalue weighted by Gasteiger charge is 2.35. The third-order valence-corrected chi connectivity index (χ3v) is 10.9. The fourth-order valence-electron chi connectivity index (χ4n) is 5.88. The second-order valence-electron chi connectivity index (χ2n) is 10.8. The Morgan fingerprint density at radius 2 is 2.05 bits per heavy atom. The molecule has 5 rings (SSSR count). The summed E-state index contributed by atoms with van der Waals surface area (Å²) in [4.78, 5) is 16.8. The van der Waals surface area contributed by atoms with Crippen LogP contribution < -0.4 is 5.32 Å². The monoisotopic (exact) mass is 553 g/mol. The first kappa shape index (κ1) is 27.3. The number of ether oxygens (including phenoxy) is 1. The number of allylic oxidation sites excluding steroid dienone is 7. The van der Waals surface area contributed by atoms with E-state index in [2.05, 4.69) is 52.8 Å². The van der Waals surface area contributed by atoms with E-state index in [0.717, 1.165) is 96.3 Å². The lowest BCUT2D eigenvalue weighted by Gasteiger charge is -2.29. The zero-order valence-electron chi connectivity index (χ0n) is 22.5. The van der Waals surface area contributed by atoms with Gasteiger partial charge in [-0.05, 0) is 82.1 Å². The van der Waals surface area contributed by atoms with Crippen molar-refractivity contribution in [3.05, 3.63) is 63.3 Å². The van der Waals surface area contributed by atoms with Gasteiger partial charge in [-0.1, -0.05) is 40.6 Å². The van der Waals surface area contributed by atoms with Crippen molar-refractivity contribution < 1.29 is 14.7 Å². The number of thiophene rings is 1. The molecule has 1 aromatic rings. The molecule has 0 saturated carbocycles. The average molecular weight is 554 g/mol. The third-order valence-electron chi connectivity index (χ3n) is 8.29. The van der Waals surface area contributed by atoms with Crippen molar-refractivity contribution in [2.75, 3.05) is 39.5 Å². The molecule has 2 N–H and O–H groups in total.